The molecule has 1 aliphatic rings. The maximum Gasteiger partial charge on any atom is 0.279 e. The van der Waals surface area contributed by atoms with E-state index < -0.39 is 0 Å². The van der Waals surface area contributed by atoms with Gasteiger partial charge < -0.3 is 25.2 Å². The average molecular weight is 440 g/mol. The van der Waals surface area contributed by atoms with Crippen molar-refractivity contribution >= 4 is 51.3 Å². The van der Waals surface area contributed by atoms with Gasteiger partial charge in [0.25, 0.3) is 11.8 Å². The quantitative estimate of drug-likeness (QED) is 0.638. The van der Waals surface area contributed by atoms with Crippen molar-refractivity contribution in [3.05, 3.63) is 40.7 Å². The summed E-state index contributed by atoms with van der Waals surface area (Å²) in [7, 11) is 6.61. The van der Waals surface area contributed by atoms with E-state index in [0.29, 0.717) is 40.1 Å². The topological polar surface area (TPSA) is 113 Å². The van der Waals surface area contributed by atoms with Gasteiger partial charge >= 0.3 is 0 Å². The number of rotatable bonds is 4. The van der Waals surface area contributed by atoms with Gasteiger partial charge in [0.2, 0.25) is 5.95 Å². The molecule has 1 aromatic carbocycles. The molecule has 3 heterocycles. The molecule has 0 bridgehead atoms. The Bertz CT molecular complexity index is 1190. The van der Waals surface area contributed by atoms with Crippen molar-refractivity contribution in [3.63, 3.8) is 0 Å². The van der Waals surface area contributed by atoms with Gasteiger partial charge in [-0.25, -0.2) is 9.97 Å². The minimum absolute atomic E-state index is 0.208. The monoisotopic (exact) mass is 439 g/mol. The standard InChI is InChI=1S/C20H21N7O3S/c1-10-23-15-18(29)26(3)13-9-22-20(25-16(13)27(4)19(15)31-10)24-12-7-6-11(17(28)21-2)8-14(12)30-5/h6-9H,1-5H3,(H,21,28)(H,22,24,25). The Labute approximate surface area is 182 Å². The van der Waals surface area contributed by atoms with Crippen molar-refractivity contribution in [2.24, 2.45) is 0 Å². The molecule has 1 aliphatic heterocycles. The number of amides is 2. The highest BCUT2D eigenvalue weighted by Crippen LogP contribution is 2.41. The van der Waals surface area contributed by atoms with Gasteiger partial charge in [-0.15, -0.1) is 11.3 Å². The molecule has 160 valence electrons. The van der Waals surface area contributed by atoms with Gasteiger partial charge in [-0.2, -0.15) is 4.98 Å². The van der Waals surface area contributed by atoms with Crippen molar-refractivity contribution in [3.8, 4) is 5.75 Å². The van der Waals surface area contributed by atoms with Gasteiger partial charge in [0.05, 0.1) is 24.0 Å². The lowest BCUT2D eigenvalue weighted by atomic mass is 10.1. The molecule has 0 atom stereocenters. The van der Waals surface area contributed by atoms with Crippen molar-refractivity contribution in [2.75, 3.05) is 43.4 Å². The van der Waals surface area contributed by atoms with E-state index in [-0.39, 0.29) is 11.8 Å². The van der Waals surface area contributed by atoms with E-state index in [1.165, 1.54) is 23.3 Å². The summed E-state index contributed by atoms with van der Waals surface area (Å²) in [5.74, 6) is 0.941. The summed E-state index contributed by atoms with van der Waals surface area (Å²) in [6.07, 6.45) is 1.59. The van der Waals surface area contributed by atoms with E-state index in [9.17, 15) is 9.59 Å². The fraction of sp³-hybridized carbons (Fsp3) is 0.250. The van der Waals surface area contributed by atoms with E-state index >= 15 is 0 Å². The maximum atomic E-state index is 12.9. The summed E-state index contributed by atoms with van der Waals surface area (Å²) in [6, 6.07) is 5.04. The fourth-order valence-corrected chi connectivity index (χ4v) is 4.13. The molecule has 11 heteroatoms. The Morgan fingerprint density at radius 3 is 2.68 bits per heavy atom. The second kappa shape index (κ2) is 7.84. The summed E-state index contributed by atoms with van der Waals surface area (Å²) >= 11 is 1.43. The lowest BCUT2D eigenvalue weighted by Gasteiger charge is -2.20. The maximum absolute atomic E-state index is 12.9. The largest absolute Gasteiger partial charge is 0.495 e. The minimum atomic E-state index is -0.212. The molecule has 31 heavy (non-hydrogen) atoms. The molecule has 2 amide bonds. The van der Waals surface area contributed by atoms with E-state index in [2.05, 4.69) is 25.6 Å². The summed E-state index contributed by atoms with van der Waals surface area (Å²) < 4.78 is 5.42. The number of aromatic nitrogens is 3. The molecule has 0 aliphatic carbocycles. The number of methoxy groups -OCH3 is 1. The molecule has 2 aromatic heterocycles. The van der Waals surface area contributed by atoms with Gasteiger partial charge in [-0.05, 0) is 25.1 Å². The number of aryl methyl sites for hydroxylation is 1. The SMILES string of the molecule is CNC(=O)c1ccc(Nc2ncc3c(n2)N(C)c2sc(C)nc2C(=O)N3C)c(OC)c1. The van der Waals surface area contributed by atoms with Crippen LogP contribution in [0.15, 0.2) is 24.4 Å². The number of benzene rings is 1. The summed E-state index contributed by atoms with van der Waals surface area (Å²) in [5.41, 5.74) is 2.04. The van der Waals surface area contributed by atoms with Crippen LogP contribution in [0, 0.1) is 6.92 Å². The second-order valence-corrected chi connectivity index (χ2v) is 8.01. The van der Waals surface area contributed by atoms with Crippen molar-refractivity contribution in [1.82, 2.24) is 20.3 Å². The second-order valence-electron chi connectivity index (χ2n) is 6.83. The lowest BCUT2D eigenvalue weighted by molar-refractivity contribution is 0.0960. The van der Waals surface area contributed by atoms with Crippen LogP contribution < -0.4 is 25.2 Å². The Balaban J connectivity index is 1.73. The number of thiazole rings is 1. The predicted molar refractivity (Wildman–Crippen MR) is 119 cm³/mol. The van der Waals surface area contributed by atoms with Crippen LogP contribution >= 0.6 is 11.3 Å². The predicted octanol–water partition coefficient (Wildman–Crippen LogP) is 2.71. The normalized spacial score (nSPS) is 12.7. The number of carbonyl (C=O) groups is 2. The van der Waals surface area contributed by atoms with Crippen LogP contribution in [-0.2, 0) is 0 Å². The number of anilines is 5. The first kappa shape index (κ1) is 20.5. The molecule has 10 nitrogen and oxygen atoms in total. The number of nitrogens with zero attached hydrogens (tertiary/aromatic N) is 5. The third kappa shape index (κ3) is 3.52. The molecule has 0 unspecified atom stereocenters. The molecule has 0 saturated carbocycles. The first-order valence-corrected chi connectivity index (χ1v) is 10.2. The Morgan fingerprint density at radius 1 is 1.19 bits per heavy atom. The number of hydrogen-bond donors (Lipinski definition) is 2. The summed E-state index contributed by atoms with van der Waals surface area (Å²) in [4.78, 5) is 41.5. The number of ether oxygens (including phenoxy) is 1. The minimum Gasteiger partial charge on any atom is -0.495 e. The fourth-order valence-electron chi connectivity index (χ4n) is 3.26. The third-order valence-electron chi connectivity index (χ3n) is 4.89. The van der Waals surface area contributed by atoms with E-state index in [1.807, 2.05) is 18.9 Å². The van der Waals surface area contributed by atoms with Gasteiger partial charge in [0.1, 0.15) is 16.4 Å². The first-order chi connectivity index (χ1) is 14.8. The lowest BCUT2D eigenvalue weighted by Crippen LogP contribution is -2.26. The molecule has 0 radical (unpaired) electrons. The number of fused-ring (bicyclic) bond motifs is 2. The third-order valence-corrected chi connectivity index (χ3v) is 5.94. The molecule has 0 spiro atoms. The Kier molecular flexibility index (Phi) is 5.19. The van der Waals surface area contributed by atoms with E-state index in [4.69, 9.17) is 4.74 Å². The van der Waals surface area contributed by atoms with Crippen molar-refractivity contribution in [2.45, 2.75) is 6.92 Å². The van der Waals surface area contributed by atoms with Crippen LogP contribution in [0.2, 0.25) is 0 Å². The Hall–Kier alpha value is -3.73. The summed E-state index contributed by atoms with van der Waals surface area (Å²) in [6.45, 7) is 1.86. The zero-order chi connectivity index (χ0) is 22.3. The van der Waals surface area contributed by atoms with Crippen LogP contribution in [0.1, 0.15) is 25.9 Å². The van der Waals surface area contributed by atoms with Crippen molar-refractivity contribution < 1.29 is 14.3 Å². The highest BCUT2D eigenvalue weighted by Gasteiger charge is 2.32. The zero-order valence-electron chi connectivity index (χ0n) is 17.7. The number of nitrogens with one attached hydrogen (secondary N) is 2. The van der Waals surface area contributed by atoms with Crippen LogP contribution in [0.5, 0.6) is 5.75 Å². The van der Waals surface area contributed by atoms with Crippen LogP contribution in [-0.4, -0.2) is 55.0 Å². The van der Waals surface area contributed by atoms with Gasteiger partial charge in [-0.3, -0.25) is 9.59 Å². The van der Waals surface area contributed by atoms with E-state index in [1.54, 1.807) is 38.5 Å². The molecule has 4 rings (SSSR count). The van der Waals surface area contributed by atoms with E-state index in [0.717, 1.165) is 10.0 Å². The molecule has 0 saturated heterocycles. The summed E-state index contributed by atoms with van der Waals surface area (Å²) in [5, 5.41) is 7.24. The van der Waals surface area contributed by atoms with Crippen LogP contribution in [0.3, 0.4) is 0 Å². The number of carbonyl (C=O) groups excluding carboxylic acids is 2. The van der Waals surface area contributed by atoms with Gasteiger partial charge in [0, 0.05) is 26.7 Å². The molecule has 2 N–H and O–H groups in total. The zero-order valence-corrected chi connectivity index (χ0v) is 18.5. The molecule has 0 fully saturated rings. The van der Waals surface area contributed by atoms with Crippen LogP contribution in [0.25, 0.3) is 0 Å². The molecule has 3 aromatic rings. The van der Waals surface area contributed by atoms with Gasteiger partial charge in [-0.1, -0.05) is 0 Å². The number of hydrogen-bond acceptors (Lipinski definition) is 9. The highest BCUT2D eigenvalue weighted by molar-refractivity contribution is 7.16. The smallest absolute Gasteiger partial charge is 0.279 e. The molecular formula is C20H21N7O3S. The molecular weight excluding hydrogens is 418 g/mol. The van der Waals surface area contributed by atoms with Gasteiger partial charge in [0.15, 0.2) is 11.5 Å². The first-order valence-electron chi connectivity index (χ1n) is 9.37. The van der Waals surface area contributed by atoms with Crippen LogP contribution in [0.4, 0.5) is 28.1 Å². The average Bonchev–Trinajstić information content (AvgIpc) is 3.16. The Morgan fingerprint density at radius 2 is 1.97 bits per heavy atom. The highest BCUT2D eigenvalue weighted by atomic mass is 32.1. The van der Waals surface area contributed by atoms with Crippen molar-refractivity contribution in [1.29, 1.82) is 0 Å².